The molecule has 126 valence electrons. The van der Waals surface area contributed by atoms with Crippen LogP contribution in [-0.4, -0.2) is 33.5 Å². The molecule has 1 aliphatic heterocycles. The summed E-state index contributed by atoms with van der Waals surface area (Å²) in [6, 6.07) is 1.32. The largest absolute Gasteiger partial charge is 0.421 e. The van der Waals surface area contributed by atoms with Crippen LogP contribution in [0, 0.1) is 0 Å². The van der Waals surface area contributed by atoms with Gasteiger partial charge in [0.2, 0.25) is 0 Å². The molecule has 1 aromatic heterocycles. The number of imide groups is 1. The van der Waals surface area contributed by atoms with Crippen LogP contribution in [0.3, 0.4) is 0 Å². The molecule has 0 atom stereocenters. The van der Waals surface area contributed by atoms with Gasteiger partial charge in [-0.2, -0.15) is 13.2 Å². The Labute approximate surface area is 129 Å². The van der Waals surface area contributed by atoms with Gasteiger partial charge in [-0.05, 0) is 32.4 Å². The highest BCUT2D eigenvalue weighted by Crippen LogP contribution is 2.26. The number of carbonyl (C=O) groups excluding carboxylic acids is 2. The molecule has 1 saturated heterocycles. The Bertz CT molecular complexity index is 694. The predicted molar refractivity (Wildman–Crippen MR) is 74.6 cm³/mol. The van der Waals surface area contributed by atoms with Crippen LogP contribution in [-0.2, 0) is 17.5 Å². The molecule has 0 saturated carbocycles. The number of nitrogens with zero attached hydrogens (tertiary/aromatic N) is 2. The Morgan fingerprint density at radius 1 is 1.17 bits per heavy atom. The minimum atomic E-state index is -4.71. The minimum Gasteiger partial charge on any atom is -0.324 e. The number of pyridine rings is 1. The van der Waals surface area contributed by atoms with Crippen LogP contribution in [0.15, 0.2) is 23.1 Å². The summed E-state index contributed by atoms with van der Waals surface area (Å²) in [5.41, 5.74) is -3.38. The molecule has 0 spiro atoms. The first kappa shape index (κ1) is 17.0. The molecule has 0 bridgehead atoms. The van der Waals surface area contributed by atoms with E-state index in [1.54, 1.807) is 13.8 Å². The first-order chi connectivity index (χ1) is 10.5. The highest BCUT2D eigenvalue weighted by Gasteiger charge is 2.43. The first-order valence-corrected chi connectivity index (χ1v) is 6.95. The molecule has 0 aromatic carbocycles. The fraction of sp³-hybridized carbons (Fsp3) is 0.500. The molecule has 1 N–H and O–H groups in total. The van der Waals surface area contributed by atoms with Gasteiger partial charge in [-0.15, -0.1) is 0 Å². The van der Waals surface area contributed by atoms with Gasteiger partial charge >= 0.3 is 12.2 Å². The molecule has 23 heavy (non-hydrogen) atoms. The second-order valence-electron chi connectivity index (χ2n) is 5.78. The lowest BCUT2D eigenvalue weighted by Gasteiger charge is -2.16. The lowest BCUT2D eigenvalue weighted by molar-refractivity contribution is -0.139. The SMILES string of the molecule is CC1(C)NC(=O)N(CCCn2cccc(C(F)(F)F)c2=O)C1=O. The van der Waals surface area contributed by atoms with Crippen LogP contribution < -0.4 is 10.9 Å². The zero-order valence-corrected chi connectivity index (χ0v) is 12.6. The molecule has 0 unspecified atom stereocenters. The van der Waals surface area contributed by atoms with Gasteiger partial charge in [-0.1, -0.05) is 0 Å². The van der Waals surface area contributed by atoms with Gasteiger partial charge in [0.15, 0.2) is 0 Å². The summed E-state index contributed by atoms with van der Waals surface area (Å²) in [5, 5.41) is 2.50. The first-order valence-electron chi connectivity index (χ1n) is 6.95. The quantitative estimate of drug-likeness (QED) is 0.852. The Kier molecular flexibility index (Phi) is 4.23. The van der Waals surface area contributed by atoms with E-state index in [0.717, 1.165) is 21.6 Å². The number of hydrogen-bond donors (Lipinski definition) is 1. The van der Waals surface area contributed by atoms with Gasteiger partial charge in [-0.25, -0.2) is 4.79 Å². The van der Waals surface area contributed by atoms with Gasteiger partial charge in [0, 0.05) is 19.3 Å². The van der Waals surface area contributed by atoms with Crippen LogP contribution in [0.4, 0.5) is 18.0 Å². The van der Waals surface area contributed by atoms with Crippen molar-refractivity contribution >= 4 is 11.9 Å². The van der Waals surface area contributed by atoms with Crippen LogP contribution in [0.5, 0.6) is 0 Å². The maximum atomic E-state index is 12.7. The van der Waals surface area contributed by atoms with E-state index in [2.05, 4.69) is 5.32 Å². The van der Waals surface area contributed by atoms with Crippen molar-refractivity contribution in [1.82, 2.24) is 14.8 Å². The number of urea groups is 1. The molecule has 6 nitrogen and oxygen atoms in total. The maximum Gasteiger partial charge on any atom is 0.421 e. The third-order valence-corrected chi connectivity index (χ3v) is 3.55. The van der Waals surface area contributed by atoms with Crippen LogP contribution in [0.1, 0.15) is 25.8 Å². The molecule has 0 radical (unpaired) electrons. The second kappa shape index (κ2) is 5.71. The summed E-state index contributed by atoms with van der Waals surface area (Å²) >= 11 is 0. The number of aryl methyl sites for hydroxylation is 1. The van der Waals surface area contributed by atoms with E-state index in [1.165, 1.54) is 6.20 Å². The molecule has 2 heterocycles. The van der Waals surface area contributed by atoms with Crippen molar-refractivity contribution in [2.24, 2.45) is 0 Å². The summed E-state index contributed by atoms with van der Waals surface area (Å²) < 4.78 is 38.9. The minimum absolute atomic E-state index is 0.0246. The fourth-order valence-corrected chi connectivity index (χ4v) is 2.35. The van der Waals surface area contributed by atoms with E-state index in [4.69, 9.17) is 0 Å². The number of carbonyl (C=O) groups is 2. The van der Waals surface area contributed by atoms with E-state index in [1.807, 2.05) is 0 Å². The van der Waals surface area contributed by atoms with Crippen molar-refractivity contribution in [3.05, 3.63) is 34.2 Å². The summed E-state index contributed by atoms with van der Waals surface area (Å²) in [5.74, 6) is -0.404. The lowest BCUT2D eigenvalue weighted by Crippen LogP contribution is -2.40. The fourth-order valence-electron chi connectivity index (χ4n) is 2.35. The van der Waals surface area contributed by atoms with E-state index >= 15 is 0 Å². The van der Waals surface area contributed by atoms with Crippen molar-refractivity contribution in [1.29, 1.82) is 0 Å². The van der Waals surface area contributed by atoms with Crippen LogP contribution in [0.25, 0.3) is 0 Å². The van der Waals surface area contributed by atoms with Crippen LogP contribution in [0.2, 0.25) is 0 Å². The van der Waals surface area contributed by atoms with Gasteiger partial charge in [0.05, 0.1) is 0 Å². The lowest BCUT2D eigenvalue weighted by atomic mass is 10.1. The Hall–Kier alpha value is -2.32. The number of alkyl halides is 3. The number of amides is 3. The number of nitrogens with one attached hydrogen (secondary N) is 1. The number of hydrogen-bond acceptors (Lipinski definition) is 3. The van der Waals surface area contributed by atoms with Crippen molar-refractivity contribution < 1.29 is 22.8 Å². The zero-order valence-electron chi connectivity index (χ0n) is 12.6. The smallest absolute Gasteiger partial charge is 0.324 e. The third kappa shape index (κ3) is 3.38. The average Bonchev–Trinajstić information content (AvgIpc) is 2.61. The average molecular weight is 331 g/mol. The van der Waals surface area contributed by atoms with Gasteiger partial charge < -0.3 is 9.88 Å². The highest BCUT2D eigenvalue weighted by molar-refractivity contribution is 6.06. The van der Waals surface area contributed by atoms with Gasteiger partial charge in [0.1, 0.15) is 11.1 Å². The summed E-state index contributed by atoms with van der Waals surface area (Å²) in [6.07, 6.45) is -3.29. The Balaban J connectivity index is 2.05. The number of aromatic nitrogens is 1. The molecular formula is C14H16F3N3O3. The van der Waals surface area contributed by atoms with Crippen LogP contribution >= 0.6 is 0 Å². The van der Waals surface area contributed by atoms with Gasteiger partial charge in [-0.3, -0.25) is 14.5 Å². The maximum absolute atomic E-state index is 12.7. The predicted octanol–water partition coefficient (Wildman–Crippen LogP) is 1.59. The molecule has 2 rings (SSSR count). The standard InChI is InChI=1S/C14H16F3N3O3/c1-13(2)11(22)20(12(23)18-13)8-4-7-19-6-3-5-9(10(19)21)14(15,16)17/h3,5-6H,4,7-8H2,1-2H3,(H,18,23). The Morgan fingerprint density at radius 2 is 1.83 bits per heavy atom. The summed E-state index contributed by atoms with van der Waals surface area (Å²) in [7, 11) is 0. The van der Waals surface area contributed by atoms with Crippen molar-refractivity contribution in [2.75, 3.05) is 6.54 Å². The van der Waals surface area contributed by atoms with Crippen molar-refractivity contribution in [3.8, 4) is 0 Å². The van der Waals surface area contributed by atoms with Gasteiger partial charge in [0.25, 0.3) is 11.5 Å². The molecule has 9 heteroatoms. The molecule has 1 fully saturated rings. The van der Waals surface area contributed by atoms with E-state index in [0.29, 0.717) is 0 Å². The summed E-state index contributed by atoms with van der Waals surface area (Å²) in [6.45, 7) is 3.12. The van der Waals surface area contributed by atoms with E-state index in [9.17, 15) is 27.6 Å². The monoisotopic (exact) mass is 331 g/mol. The topological polar surface area (TPSA) is 71.4 Å². The number of halogens is 3. The molecule has 3 amide bonds. The second-order valence-corrected chi connectivity index (χ2v) is 5.78. The summed E-state index contributed by atoms with van der Waals surface area (Å²) in [4.78, 5) is 36.4. The number of rotatable bonds is 4. The third-order valence-electron chi connectivity index (χ3n) is 3.55. The molecule has 1 aliphatic rings. The normalized spacial score (nSPS) is 17.5. The molecular weight excluding hydrogens is 315 g/mol. The van der Waals surface area contributed by atoms with E-state index in [-0.39, 0.29) is 19.5 Å². The Morgan fingerprint density at radius 3 is 2.35 bits per heavy atom. The molecule has 0 aliphatic carbocycles. The molecule has 1 aromatic rings. The highest BCUT2D eigenvalue weighted by atomic mass is 19.4. The van der Waals surface area contributed by atoms with Crippen molar-refractivity contribution in [2.45, 2.75) is 38.5 Å². The zero-order chi connectivity index (χ0) is 17.4. The van der Waals surface area contributed by atoms with E-state index < -0.39 is 34.8 Å². The van der Waals surface area contributed by atoms with Crippen molar-refractivity contribution in [3.63, 3.8) is 0 Å².